The lowest BCUT2D eigenvalue weighted by Gasteiger charge is -2.04. The number of amides is 1. The summed E-state index contributed by atoms with van der Waals surface area (Å²) in [5.41, 5.74) is 1.86. The summed E-state index contributed by atoms with van der Waals surface area (Å²) in [6, 6.07) is 1.94. The van der Waals surface area contributed by atoms with Crippen LogP contribution in [0, 0.1) is 0 Å². The summed E-state index contributed by atoms with van der Waals surface area (Å²) in [6.45, 7) is 0.748. The molecule has 3 nitrogen and oxygen atoms in total. The predicted molar refractivity (Wildman–Crippen MR) is 36.6 cm³/mol. The molecule has 1 aromatic rings. The van der Waals surface area contributed by atoms with Gasteiger partial charge in [0, 0.05) is 25.4 Å². The number of aromatic nitrogens is 1. The average Bonchev–Trinajstić information content (AvgIpc) is 2.41. The quantitative estimate of drug-likeness (QED) is 0.557. The van der Waals surface area contributed by atoms with Crippen molar-refractivity contribution in [1.82, 2.24) is 9.88 Å². The number of fused-ring (bicyclic) bond motifs is 1. The maximum Gasteiger partial charge on any atom is 0.270 e. The van der Waals surface area contributed by atoms with Crippen molar-refractivity contribution in [2.75, 3.05) is 7.05 Å². The second-order valence-electron chi connectivity index (χ2n) is 2.54. The Hall–Kier alpha value is -1.25. The van der Waals surface area contributed by atoms with Crippen molar-refractivity contribution in [2.24, 2.45) is 0 Å². The van der Waals surface area contributed by atoms with Gasteiger partial charge in [0.05, 0.1) is 0 Å². The Morgan fingerprint density at radius 1 is 1.70 bits per heavy atom. The fourth-order valence-corrected chi connectivity index (χ4v) is 1.25. The highest BCUT2D eigenvalue weighted by Crippen LogP contribution is 2.18. The lowest BCUT2D eigenvalue weighted by atomic mass is 10.3. The van der Waals surface area contributed by atoms with Gasteiger partial charge in [-0.1, -0.05) is 0 Å². The highest BCUT2D eigenvalue weighted by Gasteiger charge is 2.24. The van der Waals surface area contributed by atoms with Crippen LogP contribution in [0.1, 0.15) is 16.1 Å². The summed E-state index contributed by atoms with van der Waals surface area (Å²) in [4.78, 5) is 15.8. The van der Waals surface area contributed by atoms with Crippen molar-refractivity contribution < 1.29 is 4.79 Å². The number of nitrogens with one attached hydrogen (secondary N) is 1. The molecule has 1 N–H and O–H groups in total. The van der Waals surface area contributed by atoms with E-state index in [0.29, 0.717) is 0 Å². The summed E-state index contributed by atoms with van der Waals surface area (Å²) >= 11 is 0. The summed E-state index contributed by atoms with van der Waals surface area (Å²) < 4.78 is 0. The SMILES string of the molecule is CN1Cc2cc[nH]c2C1=O. The van der Waals surface area contributed by atoms with E-state index in [1.54, 1.807) is 18.1 Å². The molecular weight excluding hydrogens is 128 g/mol. The summed E-state index contributed by atoms with van der Waals surface area (Å²) in [5, 5.41) is 0. The van der Waals surface area contributed by atoms with Crippen molar-refractivity contribution in [2.45, 2.75) is 6.54 Å². The van der Waals surface area contributed by atoms with Crippen molar-refractivity contribution in [1.29, 1.82) is 0 Å². The number of carbonyl (C=O) groups excluding carboxylic acids is 1. The number of H-pyrrole nitrogens is 1. The molecule has 1 amide bonds. The van der Waals surface area contributed by atoms with Gasteiger partial charge >= 0.3 is 0 Å². The Bertz CT molecular complexity index is 277. The second kappa shape index (κ2) is 1.62. The average molecular weight is 136 g/mol. The fraction of sp³-hybridized carbons (Fsp3) is 0.286. The maximum absolute atomic E-state index is 11.2. The van der Waals surface area contributed by atoms with Crippen LogP contribution in [0.2, 0.25) is 0 Å². The molecule has 2 heterocycles. The van der Waals surface area contributed by atoms with Gasteiger partial charge in [-0.25, -0.2) is 0 Å². The van der Waals surface area contributed by atoms with Crippen LogP contribution in [0.3, 0.4) is 0 Å². The van der Waals surface area contributed by atoms with Crippen molar-refractivity contribution in [3.8, 4) is 0 Å². The fourth-order valence-electron chi connectivity index (χ4n) is 1.25. The first-order valence-corrected chi connectivity index (χ1v) is 3.21. The number of aromatic amines is 1. The lowest BCUT2D eigenvalue weighted by Crippen LogP contribution is -2.18. The third kappa shape index (κ3) is 0.518. The maximum atomic E-state index is 11.2. The Morgan fingerprint density at radius 2 is 2.50 bits per heavy atom. The molecule has 52 valence electrons. The van der Waals surface area contributed by atoms with Gasteiger partial charge in [-0.2, -0.15) is 0 Å². The van der Waals surface area contributed by atoms with Crippen molar-refractivity contribution >= 4 is 5.91 Å². The third-order valence-corrected chi connectivity index (χ3v) is 1.80. The van der Waals surface area contributed by atoms with E-state index in [1.807, 2.05) is 6.07 Å². The number of rotatable bonds is 0. The monoisotopic (exact) mass is 136 g/mol. The first-order valence-electron chi connectivity index (χ1n) is 3.21. The minimum atomic E-state index is 0.0972. The van der Waals surface area contributed by atoms with Crippen LogP contribution >= 0.6 is 0 Å². The van der Waals surface area contributed by atoms with Crippen LogP contribution in [-0.4, -0.2) is 22.8 Å². The Morgan fingerprint density at radius 3 is 3.20 bits per heavy atom. The van der Waals surface area contributed by atoms with Crippen molar-refractivity contribution in [3.63, 3.8) is 0 Å². The van der Waals surface area contributed by atoms with E-state index >= 15 is 0 Å². The Labute approximate surface area is 58.7 Å². The van der Waals surface area contributed by atoms with E-state index in [-0.39, 0.29) is 5.91 Å². The van der Waals surface area contributed by atoms with Crippen LogP contribution < -0.4 is 0 Å². The number of hydrogen-bond donors (Lipinski definition) is 1. The molecule has 0 atom stereocenters. The predicted octanol–water partition coefficient (Wildman–Crippen LogP) is 0.600. The molecule has 0 radical (unpaired) electrons. The van der Waals surface area contributed by atoms with Gasteiger partial charge in [0.15, 0.2) is 0 Å². The van der Waals surface area contributed by atoms with E-state index in [4.69, 9.17) is 0 Å². The highest BCUT2D eigenvalue weighted by molar-refractivity contribution is 5.96. The summed E-state index contributed by atoms with van der Waals surface area (Å²) in [7, 11) is 1.80. The van der Waals surface area contributed by atoms with E-state index in [1.165, 1.54) is 0 Å². The molecule has 0 fully saturated rings. The zero-order chi connectivity index (χ0) is 7.14. The Kier molecular flexibility index (Phi) is 0.897. The minimum Gasteiger partial charge on any atom is -0.357 e. The molecule has 1 aliphatic heterocycles. The normalized spacial score (nSPS) is 16.1. The first kappa shape index (κ1) is 5.53. The lowest BCUT2D eigenvalue weighted by molar-refractivity contribution is 0.0812. The van der Waals surface area contributed by atoms with Gasteiger partial charge in [-0.05, 0) is 6.07 Å². The minimum absolute atomic E-state index is 0.0972. The molecule has 0 saturated heterocycles. The Balaban J connectivity index is 2.53. The van der Waals surface area contributed by atoms with Crippen molar-refractivity contribution in [3.05, 3.63) is 23.5 Å². The van der Waals surface area contributed by atoms with E-state index in [9.17, 15) is 4.79 Å². The van der Waals surface area contributed by atoms with Gasteiger partial charge in [0.1, 0.15) is 5.69 Å². The molecule has 0 aromatic carbocycles. The zero-order valence-electron chi connectivity index (χ0n) is 5.72. The number of nitrogens with zero attached hydrogens (tertiary/aromatic N) is 1. The zero-order valence-corrected chi connectivity index (χ0v) is 5.72. The largest absolute Gasteiger partial charge is 0.357 e. The molecule has 0 spiro atoms. The van der Waals surface area contributed by atoms with E-state index in [0.717, 1.165) is 17.8 Å². The number of carbonyl (C=O) groups is 1. The summed E-state index contributed by atoms with van der Waals surface area (Å²) in [6.07, 6.45) is 1.80. The molecule has 2 rings (SSSR count). The van der Waals surface area contributed by atoms with E-state index in [2.05, 4.69) is 4.98 Å². The van der Waals surface area contributed by atoms with Gasteiger partial charge in [0.25, 0.3) is 5.91 Å². The van der Waals surface area contributed by atoms with Crippen LogP contribution in [-0.2, 0) is 6.54 Å². The molecule has 1 aliphatic rings. The van der Waals surface area contributed by atoms with Gasteiger partial charge < -0.3 is 9.88 Å². The van der Waals surface area contributed by atoms with Crippen LogP contribution in [0.4, 0.5) is 0 Å². The standard InChI is InChI=1S/C7H8N2O/c1-9-4-5-2-3-8-6(5)7(9)10/h2-3,8H,4H2,1H3. The smallest absolute Gasteiger partial charge is 0.270 e. The molecule has 0 unspecified atom stereocenters. The van der Waals surface area contributed by atoms with Crippen LogP contribution in [0.15, 0.2) is 12.3 Å². The molecule has 0 aliphatic carbocycles. The number of hydrogen-bond acceptors (Lipinski definition) is 1. The first-order chi connectivity index (χ1) is 4.79. The topological polar surface area (TPSA) is 36.1 Å². The van der Waals surface area contributed by atoms with E-state index < -0.39 is 0 Å². The highest BCUT2D eigenvalue weighted by atomic mass is 16.2. The van der Waals surface area contributed by atoms with Gasteiger partial charge in [-0.15, -0.1) is 0 Å². The molecular formula is C7H8N2O. The molecule has 10 heavy (non-hydrogen) atoms. The second-order valence-corrected chi connectivity index (χ2v) is 2.54. The molecule has 0 bridgehead atoms. The molecule has 3 heteroatoms. The van der Waals surface area contributed by atoms with Gasteiger partial charge in [-0.3, -0.25) is 4.79 Å². The summed E-state index contributed by atoms with van der Waals surface area (Å²) in [5.74, 6) is 0.0972. The van der Waals surface area contributed by atoms with Crippen LogP contribution in [0.5, 0.6) is 0 Å². The van der Waals surface area contributed by atoms with Crippen LogP contribution in [0.25, 0.3) is 0 Å². The van der Waals surface area contributed by atoms with Gasteiger partial charge in [0.2, 0.25) is 0 Å². The molecule has 0 saturated carbocycles. The molecule has 1 aromatic heterocycles. The third-order valence-electron chi connectivity index (χ3n) is 1.80.